The molecule has 1 fully saturated rings. The van der Waals surface area contributed by atoms with Gasteiger partial charge in [0.15, 0.2) is 0 Å². The topological polar surface area (TPSA) is 53.7 Å². The maximum Gasteiger partial charge on any atom is 0.253 e. The van der Waals surface area contributed by atoms with Gasteiger partial charge in [-0.05, 0) is 51.1 Å². The van der Waals surface area contributed by atoms with Crippen molar-refractivity contribution in [1.82, 2.24) is 14.8 Å². The molecule has 164 valence electrons. The van der Waals surface area contributed by atoms with Crippen molar-refractivity contribution in [3.63, 3.8) is 0 Å². The first kappa shape index (κ1) is 21.2. The van der Waals surface area contributed by atoms with Gasteiger partial charge in [-0.3, -0.25) is 9.69 Å². The number of piperazine rings is 1. The predicted molar refractivity (Wildman–Crippen MR) is 124 cm³/mol. The van der Waals surface area contributed by atoms with E-state index in [1.54, 1.807) is 6.26 Å². The minimum Gasteiger partial charge on any atom is -0.467 e. The number of anilines is 1. The normalized spacial score (nSPS) is 15.8. The Labute approximate surface area is 184 Å². The number of nitrogens with zero attached hydrogens (tertiary/aromatic N) is 3. The van der Waals surface area contributed by atoms with Gasteiger partial charge in [-0.2, -0.15) is 0 Å². The number of nitrogens with one attached hydrogen (secondary N) is 1. The number of hydrogen-bond donors (Lipinski definition) is 1. The molecule has 2 aromatic heterocycles. The van der Waals surface area contributed by atoms with Crippen LogP contribution in [0, 0.1) is 13.8 Å². The molecule has 0 spiro atoms. The molecule has 0 aliphatic carbocycles. The third-order valence-corrected chi connectivity index (χ3v) is 6.33. The zero-order chi connectivity index (χ0) is 21.8. The van der Waals surface area contributed by atoms with Crippen LogP contribution in [0.15, 0.2) is 59.2 Å². The summed E-state index contributed by atoms with van der Waals surface area (Å²) in [5.41, 5.74) is 4.05. The average Bonchev–Trinajstić information content (AvgIpc) is 3.42. The maximum atomic E-state index is 12.9. The second-order valence-corrected chi connectivity index (χ2v) is 8.37. The van der Waals surface area contributed by atoms with E-state index < -0.39 is 0 Å². The SMILES string of the molecule is Cc1cc(C(=O)NCC(C)N2CCN(c3ccccc3)CC2)c(C)n1Cc1ccco1. The van der Waals surface area contributed by atoms with E-state index in [-0.39, 0.29) is 5.91 Å². The summed E-state index contributed by atoms with van der Waals surface area (Å²) in [5.74, 6) is 0.880. The molecule has 1 N–H and O–H groups in total. The number of benzene rings is 1. The highest BCUT2D eigenvalue weighted by Crippen LogP contribution is 2.18. The largest absolute Gasteiger partial charge is 0.467 e. The number of hydrogen-bond acceptors (Lipinski definition) is 4. The molecule has 6 nitrogen and oxygen atoms in total. The van der Waals surface area contributed by atoms with Crippen LogP contribution in [-0.4, -0.2) is 54.1 Å². The van der Waals surface area contributed by atoms with Crippen molar-refractivity contribution in [2.75, 3.05) is 37.6 Å². The van der Waals surface area contributed by atoms with Crippen LogP contribution in [0.1, 0.15) is 34.4 Å². The van der Waals surface area contributed by atoms with E-state index in [0.29, 0.717) is 19.1 Å². The first-order valence-corrected chi connectivity index (χ1v) is 11.0. The maximum absolute atomic E-state index is 12.9. The summed E-state index contributed by atoms with van der Waals surface area (Å²) in [6.45, 7) is 11.5. The molecule has 31 heavy (non-hydrogen) atoms. The van der Waals surface area contributed by atoms with E-state index >= 15 is 0 Å². The van der Waals surface area contributed by atoms with Crippen molar-refractivity contribution < 1.29 is 9.21 Å². The van der Waals surface area contributed by atoms with Gasteiger partial charge in [0.1, 0.15) is 5.76 Å². The van der Waals surface area contributed by atoms with Crippen LogP contribution >= 0.6 is 0 Å². The Morgan fingerprint density at radius 2 is 1.81 bits per heavy atom. The van der Waals surface area contributed by atoms with Gasteiger partial charge in [0.05, 0.1) is 18.4 Å². The van der Waals surface area contributed by atoms with E-state index in [1.807, 2.05) is 32.0 Å². The number of rotatable bonds is 7. The fourth-order valence-electron chi connectivity index (χ4n) is 4.36. The fraction of sp³-hybridized carbons (Fsp3) is 0.400. The Bertz CT molecular complexity index is 986. The zero-order valence-electron chi connectivity index (χ0n) is 18.7. The summed E-state index contributed by atoms with van der Waals surface area (Å²) >= 11 is 0. The smallest absolute Gasteiger partial charge is 0.253 e. The van der Waals surface area contributed by atoms with Gasteiger partial charge in [-0.15, -0.1) is 0 Å². The lowest BCUT2D eigenvalue weighted by molar-refractivity contribution is 0.0933. The number of aromatic nitrogens is 1. The van der Waals surface area contributed by atoms with Crippen molar-refractivity contribution in [1.29, 1.82) is 0 Å². The molecule has 1 aliphatic heterocycles. The summed E-state index contributed by atoms with van der Waals surface area (Å²) in [5, 5.41) is 3.15. The van der Waals surface area contributed by atoms with Crippen LogP contribution in [0.25, 0.3) is 0 Å². The minimum absolute atomic E-state index is 0.00596. The lowest BCUT2D eigenvalue weighted by Gasteiger charge is -2.39. The molecular formula is C25H32N4O2. The van der Waals surface area contributed by atoms with Gasteiger partial charge in [0.2, 0.25) is 0 Å². The van der Waals surface area contributed by atoms with Gasteiger partial charge >= 0.3 is 0 Å². The van der Waals surface area contributed by atoms with Crippen LogP contribution in [0.5, 0.6) is 0 Å². The first-order valence-electron chi connectivity index (χ1n) is 11.0. The van der Waals surface area contributed by atoms with Crippen LogP contribution < -0.4 is 10.2 Å². The second-order valence-electron chi connectivity index (χ2n) is 8.37. The molecule has 0 radical (unpaired) electrons. The molecule has 1 unspecified atom stereocenters. The third kappa shape index (κ3) is 4.85. The Kier molecular flexibility index (Phi) is 6.47. The van der Waals surface area contributed by atoms with Gasteiger partial charge in [0, 0.05) is 55.8 Å². The molecule has 3 heterocycles. The number of amides is 1. The highest BCUT2D eigenvalue weighted by Gasteiger charge is 2.22. The predicted octanol–water partition coefficient (Wildman–Crippen LogP) is 3.69. The fourth-order valence-corrected chi connectivity index (χ4v) is 4.36. The van der Waals surface area contributed by atoms with Crippen molar-refractivity contribution in [3.8, 4) is 0 Å². The highest BCUT2D eigenvalue weighted by atomic mass is 16.3. The van der Waals surface area contributed by atoms with Crippen molar-refractivity contribution in [2.24, 2.45) is 0 Å². The summed E-state index contributed by atoms with van der Waals surface area (Å²) in [7, 11) is 0. The molecule has 0 saturated carbocycles. The lowest BCUT2D eigenvalue weighted by Crippen LogP contribution is -2.52. The summed E-state index contributed by atoms with van der Waals surface area (Å²) in [4.78, 5) is 17.8. The van der Waals surface area contributed by atoms with Crippen LogP contribution in [0.2, 0.25) is 0 Å². The molecular weight excluding hydrogens is 388 g/mol. The first-order chi connectivity index (χ1) is 15.0. The Morgan fingerprint density at radius 1 is 1.06 bits per heavy atom. The molecule has 0 bridgehead atoms. The molecule has 3 aromatic rings. The highest BCUT2D eigenvalue weighted by molar-refractivity contribution is 5.95. The third-order valence-electron chi connectivity index (χ3n) is 6.33. The van der Waals surface area contributed by atoms with E-state index in [0.717, 1.165) is 48.9 Å². The molecule has 1 aliphatic rings. The quantitative estimate of drug-likeness (QED) is 0.633. The minimum atomic E-state index is -0.00596. The molecule has 6 heteroatoms. The Hall–Kier alpha value is -2.99. The van der Waals surface area contributed by atoms with Crippen molar-refractivity contribution in [2.45, 2.75) is 33.4 Å². The number of carbonyl (C=O) groups is 1. The van der Waals surface area contributed by atoms with Gasteiger partial charge in [0.25, 0.3) is 5.91 Å². The number of carbonyl (C=O) groups excluding carboxylic acids is 1. The monoisotopic (exact) mass is 420 g/mol. The van der Waals surface area contributed by atoms with Gasteiger partial charge in [-0.25, -0.2) is 0 Å². The molecule has 1 amide bonds. The van der Waals surface area contributed by atoms with Crippen LogP contribution in [-0.2, 0) is 6.54 Å². The number of para-hydroxylation sites is 1. The van der Waals surface area contributed by atoms with E-state index in [2.05, 4.69) is 56.9 Å². The summed E-state index contributed by atoms with van der Waals surface area (Å²) < 4.78 is 7.59. The summed E-state index contributed by atoms with van der Waals surface area (Å²) in [6.07, 6.45) is 1.68. The molecule has 1 aromatic carbocycles. The van der Waals surface area contributed by atoms with Crippen molar-refractivity contribution >= 4 is 11.6 Å². The van der Waals surface area contributed by atoms with E-state index in [1.165, 1.54) is 5.69 Å². The van der Waals surface area contributed by atoms with E-state index in [9.17, 15) is 4.79 Å². The van der Waals surface area contributed by atoms with Crippen LogP contribution in [0.4, 0.5) is 5.69 Å². The van der Waals surface area contributed by atoms with Gasteiger partial charge < -0.3 is 19.2 Å². The molecule has 1 atom stereocenters. The Morgan fingerprint density at radius 3 is 2.48 bits per heavy atom. The Balaban J connectivity index is 1.30. The zero-order valence-corrected chi connectivity index (χ0v) is 18.7. The number of furan rings is 1. The van der Waals surface area contributed by atoms with E-state index in [4.69, 9.17) is 4.42 Å². The van der Waals surface area contributed by atoms with Gasteiger partial charge in [-0.1, -0.05) is 18.2 Å². The lowest BCUT2D eigenvalue weighted by atomic mass is 10.2. The second kappa shape index (κ2) is 9.43. The van der Waals surface area contributed by atoms with Crippen molar-refractivity contribution in [3.05, 3.63) is 77.5 Å². The summed E-state index contributed by atoms with van der Waals surface area (Å²) in [6, 6.07) is 16.7. The standard InChI is InChI=1S/C25H32N4O2/c1-19-16-24(21(3)29(19)18-23-10-7-15-31-23)25(30)26-17-20(2)27-11-13-28(14-12-27)22-8-5-4-6-9-22/h4-10,15-16,20H,11-14,17-18H2,1-3H3,(H,26,30). The molecule has 4 rings (SSSR count). The number of aryl methyl sites for hydroxylation is 1. The average molecular weight is 421 g/mol. The van der Waals surface area contributed by atoms with Crippen LogP contribution in [0.3, 0.4) is 0 Å². The molecule has 1 saturated heterocycles.